The van der Waals surface area contributed by atoms with Gasteiger partial charge in [-0.15, -0.1) is 0 Å². The topological polar surface area (TPSA) is 84.2 Å². The van der Waals surface area contributed by atoms with E-state index in [4.69, 9.17) is 4.42 Å². The third-order valence-corrected chi connectivity index (χ3v) is 6.21. The van der Waals surface area contributed by atoms with E-state index in [1.54, 1.807) is 24.5 Å². The van der Waals surface area contributed by atoms with E-state index >= 15 is 0 Å². The first-order chi connectivity index (χ1) is 16.5. The molecule has 9 heteroatoms. The van der Waals surface area contributed by atoms with Crippen molar-refractivity contribution in [3.8, 4) is 11.4 Å². The first-order valence-electron chi connectivity index (χ1n) is 11.2. The number of amides is 1. The third kappa shape index (κ3) is 4.33. The molecule has 1 amide bonds. The molecule has 1 N–H and O–H groups in total. The largest absolute Gasteiger partial charge is 0.423 e. The summed E-state index contributed by atoms with van der Waals surface area (Å²) in [6.45, 7) is 3.07. The lowest BCUT2D eigenvalue weighted by molar-refractivity contribution is 0.0540. The molecule has 2 atom stereocenters. The highest BCUT2D eigenvalue weighted by Crippen LogP contribution is 2.29. The number of hydrogen-bond donors (Lipinski definition) is 1. The van der Waals surface area contributed by atoms with Crippen molar-refractivity contribution in [3.63, 3.8) is 0 Å². The number of fused-ring (bicyclic) bond motifs is 1. The summed E-state index contributed by atoms with van der Waals surface area (Å²) >= 11 is 0. The van der Waals surface area contributed by atoms with Crippen LogP contribution in [0.3, 0.4) is 0 Å². The molecule has 1 fully saturated rings. The van der Waals surface area contributed by atoms with Crippen LogP contribution in [0.2, 0.25) is 0 Å². The minimum atomic E-state index is -0.461. The van der Waals surface area contributed by atoms with Gasteiger partial charge in [0, 0.05) is 37.1 Å². The average Bonchev–Trinajstić information content (AvgIpc) is 3.25. The smallest absolute Gasteiger partial charge is 0.295 e. The molecule has 34 heavy (non-hydrogen) atoms. The number of likely N-dealkylation sites (tertiary alicyclic amines) is 1. The molecule has 0 saturated carbocycles. The number of nitrogens with zero attached hydrogens (tertiary/aromatic N) is 4. The molecule has 3 heterocycles. The molecule has 1 aliphatic heterocycles. The van der Waals surface area contributed by atoms with Gasteiger partial charge in [0.1, 0.15) is 17.2 Å². The Labute approximate surface area is 194 Å². The summed E-state index contributed by atoms with van der Waals surface area (Å²) < 4.78 is 33.2. The number of aromatic nitrogens is 3. The molecule has 0 radical (unpaired) electrons. The second-order valence-electron chi connectivity index (χ2n) is 8.46. The number of nitrogens with one attached hydrogen (secondary N) is 1. The van der Waals surface area contributed by atoms with E-state index < -0.39 is 11.6 Å². The maximum absolute atomic E-state index is 14.1. The van der Waals surface area contributed by atoms with Gasteiger partial charge in [0.15, 0.2) is 11.4 Å². The Morgan fingerprint density at radius 3 is 2.74 bits per heavy atom. The van der Waals surface area contributed by atoms with Crippen LogP contribution in [0.1, 0.15) is 30.1 Å². The van der Waals surface area contributed by atoms with Crippen molar-refractivity contribution in [2.24, 2.45) is 5.92 Å². The molecule has 7 nitrogen and oxygen atoms in total. The standard InChI is InChI=1S/C25H23F2N5O2/c1-15-4-2-11-32(21(15)14-30-25-31-20-8-6-17(27)13-22(20)34-25)24(33)18-7-5-16(26)12-19(18)23-28-9-3-10-29-23/h3,5-10,12-13,15,21H,2,4,11,14H2,1H3,(H,30,31). The van der Waals surface area contributed by atoms with Gasteiger partial charge in [0.05, 0.1) is 11.6 Å². The Bertz CT molecular complexity index is 1330. The van der Waals surface area contributed by atoms with E-state index in [1.807, 2.05) is 4.90 Å². The first kappa shape index (κ1) is 21.9. The Kier molecular flexibility index (Phi) is 5.91. The van der Waals surface area contributed by atoms with Gasteiger partial charge in [0.2, 0.25) is 0 Å². The second-order valence-corrected chi connectivity index (χ2v) is 8.46. The van der Waals surface area contributed by atoms with Gasteiger partial charge in [-0.05, 0) is 55.2 Å². The molecule has 4 aromatic rings. The Morgan fingerprint density at radius 1 is 1.15 bits per heavy atom. The number of piperidine rings is 1. The zero-order chi connectivity index (χ0) is 23.7. The van der Waals surface area contributed by atoms with Gasteiger partial charge in [-0.1, -0.05) is 6.92 Å². The van der Waals surface area contributed by atoms with Gasteiger partial charge < -0.3 is 14.6 Å². The first-order valence-corrected chi connectivity index (χ1v) is 11.2. The number of anilines is 1. The molecular formula is C25H23F2N5O2. The van der Waals surface area contributed by atoms with Gasteiger partial charge in [0.25, 0.3) is 11.9 Å². The molecule has 5 rings (SSSR count). The van der Waals surface area contributed by atoms with Crippen molar-refractivity contribution in [2.45, 2.75) is 25.8 Å². The summed E-state index contributed by atoms with van der Waals surface area (Å²) in [6.07, 6.45) is 4.95. The summed E-state index contributed by atoms with van der Waals surface area (Å²) in [7, 11) is 0. The zero-order valence-electron chi connectivity index (χ0n) is 18.5. The van der Waals surface area contributed by atoms with Gasteiger partial charge in [-0.2, -0.15) is 4.98 Å². The molecule has 1 aliphatic rings. The quantitative estimate of drug-likeness (QED) is 0.453. The van der Waals surface area contributed by atoms with E-state index in [0.29, 0.717) is 41.1 Å². The van der Waals surface area contributed by atoms with Gasteiger partial charge >= 0.3 is 0 Å². The zero-order valence-corrected chi connectivity index (χ0v) is 18.5. The monoisotopic (exact) mass is 463 g/mol. The van der Waals surface area contributed by atoms with Crippen molar-refractivity contribution >= 4 is 23.0 Å². The number of benzene rings is 2. The molecular weight excluding hydrogens is 440 g/mol. The van der Waals surface area contributed by atoms with E-state index in [0.717, 1.165) is 12.8 Å². The molecule has 2 unspecified atom stereocenters. The Morgan fingerprint density at radius 2 is 1.91 bits per heavy atom. The fraction of sp³-hybridized carbons (Fsp3) is 0.280. The van der Waals surface area contributed by atoms with Gasteiger partial charge in [-0.25, -0.2) is 18.7 Å². The van der Waals surface area contributed by atoms with Crippen LogP contribution in [0.5, 0.6) is 0 Å². The van der Waals surface area contributed by atoms with Crippen LogP contribution in [0.25, 0.3) is 22.5 Å². The highest BCUT2D eigenvalue weighted by Gasteiger charge is 2.33. The summed E-state index contributed by atoms with van der Waals surface area (Å²) in [5, 5.41) is 3.17. The molecule has 2 aromatic heterocycles. The van der Waals surface area contributed by atoms with Crippen LogP contribution in [0, 0.1) is 17.6 Å². The number of rotatable bonds is 5. The van der Waals surface area contributed by atoms with Gasteiger partial charge in [-0.3, -0.25) is 4.79 Å². The van der Waals surface area contributed by atoms with Crippen LogP contribution in [0.4, 0.5) is 14.8 Å². The Hall–Kier alpha value is -3.88. The summed E-state index contributed by atoms with van der Waals surface area (Å²) in [5.74, 6) is -0.560. The number of oxazole rings is 1. The molecule has 174 valence electrons. The molecule has 0 spiro atoms. The van der Waals surface area contributed by atoms with Crippen molar-refractivity contribution in [3.05, 3.63) is 72.1 Å². The normalized spacial score (nSPS) is 18.3. The Balaban J connectivity index is 1.41. The molecule has 0 bridgehead atoms. The highest BCUT2D eigenvalue weighted by molar-refractivity contribution is 6.00. The third-order valence-electron chi connectivity index (χ3n) is 6.21. The number of carbonyl (C=O) groups is 1. The van der Waals surface area contributed by atoms with E-state index in [2.05, 4.69) is 27.2 Å². The lowest BCUT2D eigenvalue weighted by Crippen LogP contribution is -2.51. The fourth-order valence-corrected chi connectivity index (χ4v) is 4.46. The average molecular weight is 463 g/mol. The summed E-state index contributed by atoms with van der Waals surface area (Å²) in [4.78, 5) is 28.3. The minimum Gasteiger partial charge on any atom is -0.423 e. The lowest BCUT2D eigenvalue weighted by atomic mass is 9.89. The molecule has 0 aliphatic carbocycles. The predicted molar refractivity (Wildman–Crippen MR) is 123 cm³/mol. The number of hydrogen-bond acceptors (Lipinski definition) is 6. The van der Waals surface area contributed by atoms with Crippen LogP contribution >= 0.6 is 0 Å². The maximum atomic E-state index is 14.1. The van der Waals surface area contributed by atoms with Crippen molar-refractivity contribution in [2.75, 3.05) is 18.4 Å². The van der Waals surface area contributed by atoms with Crippen LogP contribution in [0.15, 0.2) is 59.3 Å². The maximum Gasteiger partial charge on any atom is 0.295 e. The number of halogens is 2. The second kappa shape index (κ2) is 9.17. The van der Waals surface area contributed by atoms with Crippen molar-refractivity contribution < 1.29 is 18.0 Å². The summed E-state index contributed by atoms with van der Waals surface area (Å²) in [6, 6.07) is 10.0. The predicted octanol–water partition coefficient (Wildman–Crippen LogP) is 4.92. The van der Waals surface area contributed by atoms with Crippen LogP contribution in [-0.2, 0) is 0 Å². The minimum absolute atomic E-state index is 0.150. The summed E-state index contributed by atoms with van der Waals surface area (Å²) in [5.41, 5.74) is 1.61. The van der Waals surface area contributed by atoms with Crippen LogP contribution < -0.4 is 5.32 Å². The molecule has 2 aromatic carbocycles. The van der Waals surface area contributed by atoms with E-state index in [-0.39, 0.29) is 23.9 Å². The SMILES string of the molecule is CC1CCCN(C(=O)c2ccc(F)cc2-c2ncccn2)C1CNc1nc2ccc(F)cc2o1. The lowest BCUT2D eigenvalue weighted by Gasteiger charge is -2.40. The number of carbonyl (C=O) groups excluding carboxylic acids is 1. The highest BCUT2D eigenvalue weighted by atomic mass is 19.1. The van der Waals surface area contributed by atoms with E-state index in [1.165, 1.54) is 30.3 Å². The molecule has 1 saturated heterocycles. The van der Waals surface area contributed by atoms with E-state index in [9.17, 15) is 13.6 Å². The van der Waals surface area contributed by atoms with Crippen molar-refractivity contribution in [1.82, 2.24) is 19.9 Å². The van der Waals surface area contributed by atoms with Crippen LogP contribution in [-0.4, -0.2) is 44.9 Å². The van der Waals surface area contributed by atoms with Crippen molar-refractivity contribution in [1.29, 1.82) is 0 Å². The fourth-order valence-electron chi connectivity index (χ4n) is 4.46.